The molecular formula is C13H22N4O. The van der Waals surface area contributed by atoms with Gasteiger partial charge in [-0.25, -0.2) is 9.78 Å². The summed E-state index contributed by atoms with van der Waals surface area (Å²) in [5, 5.41) is 2.90. The Kier molecular flexibility index (Phi) is 5.42. The Morgan fingerprint density at radius 1 is 1.61 bits per heavy atom. The van der Waals surface area contributed by atoms with E-state index < -0.39 is 0 Å². The summed E-state index contributed by atoms with van der Waals surface area (Å²) in [5.74, 6) is 0.971. The van der Waals surface area contributed by atoms with Crippen LogP contribution in [0.2, 0.25) is 0 Å². The Bertz CT molecular complexity index is 411. The maximum Gasteiger partial charge on any atom is 0.317 e. The lowest BCUT2D eigenvalue weighted by Gasteiger charge is -2.21. The normalized spacial score (nSPS) is 10.2. The van der Waals surface area contributed by atoms with Crippen LogP contribution < -0.4 is 5.32 Å². The van der Waals surface area contributed by atoms with Gasteiger partial charge >= 0.3 is 6.03 Å². The number of amides is 2. The molecule has 0 aromatic carbocycles. The van der Waals surface area contributed by atoms with Crippen molar-refractivity contribution < 1.29 is 4.79 Å². The first-order chi connectivity index (χ1) is 8.54. The molecule has 0 saturated heterocycles. The first kappa shape index (κ1) is 14.3. The maximum absolute atomic E-state index is 11.9. The summed E-state index contributed by atoms with van der Waals surface area (Å²) in [5.41, 5.74) is 0.983. The lowest BCUT2D eigenvalue weighted by atomic mass is 10.3. The van der Waals surface area contributed by atoms with Gasteiger partial charge < -0.3 is 14.8 Å². The van der Waals surface area contributed by atoms with E-state index in [1.807, 2.05) is 31.7 Å². The fourth-order valence-corrected chi connectivity index (χ4v) is 1.68. The number of urea groups is 1. The van der Waals surface area contributed by atoms with Crippen LogP contribution in [0.5, 0.6) is 0 Å². The van der Waals surface area contributed by atoms with Gasteiger partial charge in [0.2, 0.25) is 0 Å². The second-order valence-electron chi connectivity index (χ2n) is 4.41. The monoisotopic (exact) mass is 250 g/mol. The summed E-state index contributed by atoms with van der Waals surface area (Å²) < 4.78 is 1.96. The lowest BCUT2D eigenvalue weighted by Crippen LogP contribution is -2.41. The van der Waals surface area contributed by atoms with Crippen LogP contribution >= 0.6 is 0 Å². The number of aromatic nitrogens is 2. The SMILES string of the molecule is C=C(C)CN(CC)C(=O)NCCc1nccn1C. The number of carbonyl (C=O) groups is 1. The molecule has 1 aromatic rings. The van der Waals surface area contributed by atoms with Crippen molar-refractivity contribution in [3.8, 4) is 0 Å². The minimum absolute atomic E-state index is 0.0466. The van der Waals surface area contributed by atoms with Gasteiger partial charge in [0.1, 0.15) is 5.82 Å². The highest BCUT2D eigenvalue weighted by Crippen LogP contribution is 1.97. The van der Waals surface area contributed by atoms with Crippen LogP contribution in [-0.4, -0.2) is 40.1 Å². The minimum atomic E-state index is -0.0466. The third-order valence-electron chi connectivity index (χ3n) is 2.68. The van der Waals surface area contributed by atoms with E-state index >= 15 is 0 Å². The van der Waals surface area contributed by atoms with Crippen LogP contribution in [0.15, 0.2) is 24.5 Å². The van der Waals surface area contributed by atoms with Gasteiger partial charge in [-0.1, -0.05) is 12.2 Å². The Balaban J connectivity index is 2.36. The van der Waals surface area contributed by atoms with Crippen molar-refractivity contribution in [2.45, 2.75) is 20.3 Å². The van der Waals surface area contributed by atoms with Crippen molar-refractivity contribution in [2.75, 3.05) is 19.6 Å². The molecule has 1 heterocycles. The summed E-state index contributed by atoms with van der Waals surface area (Å²) in [6, 6.07) is -0.0466. The minimum Gasteiger partial charge on any atom is -0.338 e. The number of nitrogens with one attached hydrogen (secondary N) is 1. The molecule has 5 nitrogen and oxygen atoms in total. The van der Waals surface area contributed by atoms with Gasteiger partial charge in [0, 0.05) is 45.5 Å². The van der Waals surface area contributed by atoms with Crippen LogP contribution in [0.4, 0.5) is 4.79 Å². The van der Waals surface area contributed by atoms with Crippen molar-refractivity contribution in [1.29, 1.82) is 0 Å². The zero-order valence-corrected chi connectivity index (χ0v) is 11.4. The lowest BCUT2D eigenvalue weighted by molar-refractivity contribution is 0.205. The zero-order chi connectivity index (χ0) is 13.5. The van der Waals surface area contributed by atoms with E-state index in [-0.39, 0.29) is 6.03 Å². The Labute approximate surface area is 109 Å². The van der Waals surface area contributed by atoms with Gasteiger partial charge in [-0.2, -0.15) is 0 Å². The summed E-state index contributed by atoms with van der Waals surface area (Å²) in [4.78, 5) is 17.8. The van der Waals surface area contributed by atoms with E-state index in [1.165, 1.54) is 0 Å². The zero-order valence-electron chi connectivity index (χ0n) is 11.4. The number of carbonyl (C=O) groups excluding carboxylic acids is 1. The topological polar surface area (TPSA) is 50.2 Å². The van der Waals surface area contributed by atoms with Crippen LogP contribution in [-0.2, 0) is 13.5 Å². The van der Waals surface area contributed by atoms with Gasteiger partial charge in [0.15, 0.2) is 0 Å². The summed E-state index contributed by atoms with van der Waals surface area (Å²) >= 11 is 0. The van der Waals surface area contributed by atoms with Crippen LogP contribution in [0.25, 0.3) is 0 Å². The maximum atomic E-state index is 11.9. The Hall–Kier alpha value is -1.78. The van der Waals surface area contributed by atoms with E-state index in [4.69, 9.17) is 0 Å². The molecule has 0 radical (unpaired) electrons. The molecule has 0 spiro atoms. The first-order valence-corrected chi connectivity index (χ1v) is 6.18. The number of aryl methyl sites for hydroxylation is 1. The summed E-state index contributed by atoms with van der Waals surface area (Å²) in [7, 11) is 1.95. The number of rotatable bonds is 6. The van der Waals surface area contributed by atoms with Crippen molar-refractivity contribution in [2.24, 2.45) is 7.05 Å². The van der Waals surface area contributed by atoms with E-state index in [0.29, 0.717) is 19.6 Å². The first-order valence-electron chi connectivity index (χ1n) is 6.18. The standard InChI is InChI=1S/C13H22N4O/c1-5-17(10-11(2)3)13(18)15-7-6-12-14-8-9-16(12)4/h8-9H,2,5-7,10H2,1,3-4H3,(H,15,18). The van der Waals surface area contributed by atoms with Crippen molar-refractivity contribution >= 4 is 6.03 Å². The molecule has 5 heteroatoms. The second-order valence-corrected chi connectivity index (χ2v) is 4.41. The summed E-state index contributed by atoms with van der Waals surface area (Å²) in [6.07, 6.45) is 4.40. The molecule has 0 bridgehead atoms. The number of imidazole rings is 1. The fourth-order valence-electron chi connectivity index (χ4n) is 1.68. The van der Waals surface area contributed by atoms with Crippen molar-refractivity contribution in [1.82, 2.24) is 19.8 Å². The molecule has 1 aromatic heterocycles. The molecule has 1 rings (SSSR count). The van der Waals surface area contributed by atoms with Gasteiger partial charge in [-0.15, -0.1) is 0 Å². The Morgan fingerprint density at radius 2 is 2.33 bits per heavy atom. The van der Waals surface area contributed by atoms with Crippen LogP contribution in [0.3, 0.4) is 0 Å². The highest BCUT2D eigenvalue weighted by Gasteiger charge is 2.10. The number of nitrogens with zero attached hydrogens (tertiary/aromatic N) is 3. The third-order valence-corrected chi connectivity index (χ3v) is 2.68. The van der Waals surface area contributed by atoms with Gasteiger partial charge in [-0.05, 0) is 13.8 Å². The second kappa shape index (κ2) is 6.83. The van der Waals surface area contributed by atoms with Crippen LogP contribution in [0.1, 0.15) is 19.7 Å². The van der Waals surface area contributed by atoms with Gasteiger partial charge in [0.05, 0.1) is 0 Å². The molecule has 18 heavy (non-hydrogen) atoms. The van der Waals surface area contributed by atoms with E-state index in [1.54, 1.807) is 11.1 Å². The van der Waals surface area contributed by atoms with E-state index in [9.17, 15) is 4.79 Å². The average molecular weight is 250 g/mol. The predicted octanol–water partition coefficient (Wildman–Crippen LogP) is 1.57. The largest absolute Gasteiger partial charge is 0.338 e. The number of likely N-dealkylation sites (N-methyl/N-ethyl adjacent to an activating group) is 1. The molecule has 0 fully saturated rings. The quantitative estimate of drug-likeness (QED) is 0.779. The molecule has 100 valence electrons. The summed E-state index contributed by atoms with van der Waals surface area (Å²) in [6.45, 7) is 9.58. The smallest absolute Gasteiger partial charge is 0.317 e. The predicted molar refractivity (Wildman–Crippen MR) is 72.4 cm³/mol. The highest BCUT2D eigenvalue weighted by molar-refractivity contribution is 5.74. The van der Waals surface area contributed by atoms with Gasteiger partial charge in [-0.3, -0.25) is 0 Å². The molecule has 0 aliphatic carbocycles. The molecule has 0 aliphatic rings. The molecule has 0 atom stereocenters. The molecule has 0 aliphatic heterocycles. The van der Waals surface area contributed by atoms with Gasteiger partial charge in [0.25, 0.3) is 0 Å². The highest BCUT2D eigenvalue weighted by atomic mass is 16.2. The number of hydrogen-bond donors (Lipinski definition) is 1. The average Bonchev–Trinajstić information content (AvgIpc) is 2.71. The van der Waals surface area contributed by atoms with E-state index in [2.05, 4.69) is 16.9 Å². The molecular weight excluding hydrogens is 228 g/mol. The van der Waals surface area contributed by atoms with Crippen LogP contribution in [0, 0.1) is 0 Å². The molecule has 0 unspecified atom stereocenters. The molecule has 0 saturated carbocycles. The fraction of sp³-hybridized carbons (Fsp3) is 0.538. The molecule has 2 amide bonds. The van der Waals surface area contributed by atoms with E-state index in [0.717, 1.165) is 17.8 Å². The third kappa shape index (κ3) is 4.24. The molecule has 1 N–H and O–H groups in total. The van der Waals surface area contributed by atoms with Crippen molar-refractivity contribution in [3.63, 3.8) is 0 Å². The number of hydrogen-bond acceptors (Lipinski definition) is 2. The van der Waals surface area contributed by atoms with Crippen molar-refractivity contribution in [3.05, 3.63) is 30.4 Å². The Morgan fingerprint density at radius 3 is 2.83 bits per heavy atom.